The number of aliphatic hydroxyl groups excluding tert-OH is 1. The Hall–Kier alpha value is -2.15. The first-order valence-electron chi connectivity index (χ1n) is 4.39. The minimum absolute atomic E-state index is 0.0263. The van der Waals surface area contributed by atoms with Crippen molar-refractivity contribution in [3.05, 3.63) is 34.6 Å². The summed E-state index contributed by atoms with van der Waals surface area (Å²) in [6, 6.07) is 2.43. The maximum Gasteiger partial charge on any atom is 0.433 e. The molecule has 0 saturated carbocycles. The van der Waals surface area contributed by atoms with Crippen molar-refractivity contribution in [1.29, 1.82) is 0 Å². The molecule has 1 aromatic heterocycles. The van der Waals surface area contributed by atoms with Gasteiger partial charge in [-0.3, -0.25) is 14.9 Å². The predicted octanol–water partition coefficient (Wildman–Crippen LogP) is 0.309. The third kappa shape index (κ3) is 2.67. The van der Waals surface area contributed by atoms with Gasteiger partial charge in [-0.2, -0.15) is 0 Å². The van der Waals surface area contributed by atoms with Gasteiger partial charge in [0.05, 0.1) is 18.2 Å². The van der Waals surface area contributed by atoms with Crippen molar-refractivity contribution in [3.8, 4) is 0 Å². The molecule has 0 atom stereocenters. The van der Waals surface area contributed by atoms with Crippen LogP contribution >= 0.6 is 0 Å². The topological polar surface area (TPSA) is 106 Å². The molecule has 7 nitrogen and oxygen atoms in total. The van der Waals surface area contributed by atoms with E-state index in [0.29, 0.717) is 0 Å². The minimum Gasteiger partial charge on any atom is -0.400 e. The van der Waals surface area contributed by atoms with E-state index in [2.05, 4.69) is 11.9 Å². The molecule has 0 aliphatic carbocycles. The number of nitro groups is 1. The first-order valence-corrected chi connectivity index (χ1v) is 4.39. The van der Waals surface area contributed by atoms with Gasteiger partial charge in [-0.1, -0.05) is 6.58 Å². The molecule has 86 valence electrons. The molecule has 7 heteroatoms. The average Bonchev–Trinajstić information content (AvgIpc) is 2.74. The summed E-state index contributed by atoms with van der Waals surface area (Å²) in [6.45, 7) is 3.33. The number of carbonyl (C=O) groups is 1. The molecular formula is C9H10N2O5. The Labute approximate surface area is 90.5 Å². The smallest absolute Gasteiger partial charge is 0.400 e. The second-order valence-electron chi connectivity index (χ2n) is 2.85. The Balaban J connectivity index is 2.72. The second kappa shape index (κ2) is 5.08. The van der Waals surface area contributed by atoms with E-state index in [-0.39, 0.29) is 24.5 Å². The summed E-state index contributed by atoms with van der Waals surface area (Å²) < 4.78 is 4.79. The fraction of sp³-hybridized carbons (Fsp3) is 0.222. The Morgan fingerprint density at radius 3 is 2.81 bits per heavy atom. The van der Waals surface area contributed by atoms with Gasteiger partial charge in [-0.05, 0) is 6.07 Å². The fourth-order valence-electron chi connectivity index (χ4n) is 0.976. The number of nitrogens with zero attached hydrogens (tertiary/aromatic N) is 1. The lowest BCUT2D eigenvalue weighted by Crippen LogP contribution is -2.26. The Bertz CT molecular complexity index is 423. The van der Waals surface area contributed by atoms with Crippen LogP contribution in [0.3, 0.4) is 0 Å². The molecule has 1 rings (SSSR count). The zero-order valence-electron chi connectivity index (χ0n) is 8.30. The van der Waals surface area contributed by atoms with E-state index in [0.717, 1.165) is 6.07 Å². The zero-order valence-corrected chi connectivity index (χ0v) is 8.30. The minimum atomic E-state index is -0.706. The summed E-state index contributed by atoms with van der Waals surface area (Å²) in [5.74, 6) is -0.966. The Kier molecular flexibility index (Phi) is 3.78. The third-order valence-electron chi connectivity index (χ3n) is 1.74. The number of carbonyl (C=O) groups excluding carboxylic acids is 1. The van der Waals surface area contributed by atoms with Crippen LogP contribution in [0, 0.1) is 10.1 Å². The average molecular weight is 226 g/mol. The molecule has 0 aliphatic rings. The van der Waals surface area contributed by atoms with Gasteiger partial charge in [-0.15, -0.1) is 0 Å². The fourth-order valence-corrected chi connectivity index (χ4v) is 0.976. The third-order valence-corrected chi connectivity index (χ3v) is 1.74. The van der Waals surface area contributed by atoms with E-state index in [1.165, 1.54) is 6.07 Å². The van der Waals surface area contributed by atoms with E-state index < -0.39 is 16.7 Å². The van der Waals surface area contributed by atoms with Gasteiger partial charge in [0.15, 0.2) is 0 Å². The molecule has 0 aromatic carbocycles. The van der Waals surface area contributed by atoms with Gasteiger partial charge >= 0.3 is 5.88 Å². The standard InChI is InChI=1S/C9H10N2O5/c1-6(9(13)10-4-5-12)7-2-3-8(16-7)11(14)15/h2-3,12H,1,4-5H2,(H,10,13). The molecule has 16 heavy (non-hydrogen) atoms. The molecule has 1 heterocycles. The van der Waals surface area contributed by atoms with Crippen LogP contribution in [0.1, 0.15) is 5.76 Å². The molecular weight excluding hydrogens is 216 g/mol. The van der Waals surface area contributed by atoms with Crippen molar-refractivity contribution in [2.24, 2.45) is 0 Å². The maximum atomic E-state index is 11.3. The van der Waals surface area contributed by atoms with E-state index >= 15 is 0 Å². The molecule has 1 amide bonds. The lowest BCUT2D eigenvalue weighted by atomic mass is 10.2. The largest absolute Gasteiger partial charge is 0.433 e. The molecule has 0 aliphatic heterocycles. The first kappa shape index (κ1) is 11.9. The molecule has 0 saturated heterocycles. The summed E-state index contributed by atoms with van der Waals surface area (Å²) >= 11 is 0. The van der Waals surface area contributed by atoms with Crippen molar-refractivity contribution in [1.82, 2.24) is 5.32 Å². The SMILES string of the molecule is C=C(C(=O)NCCO)c1ccc([N+](=O)[O-])o1. The summed E-state index contributed by atoms with van der Waals surface area (Å²) in [7, 11) is 0. The van der Waals surface area contributed by atoms with Crippen LogP contribution in [-0.4, -0.2) is 29.1 Å². The van der Waals surface area contributed by atoms with Crippen molar-refractivity contribution in [3.63, 3.8) is 0 Å². The van der Waals surface area contributed by atoms with Gasteiger partial charge in [0.2, 0.25) is 0 Å². The number of hydrogen-bond acceptors (Lipinski definition) is 5. The quantitative estimate of drug-likeness (QED) is 0.427. The van der Waals surface area contributed by atoms with Gasteiger partial charge < -0.3 is 14.8 Å². The van der Waals surface area contributed by atoms with Gasteiger partial charge in [0.25, 0.3) is 5.91 Å². The number of nitrogens with one attached hydrogen (secondary N) is 1. The lowest BCUT2D eigenvalue weighted by molar-refractivity contribution is -0.402. The molecule has 0 bridgehead atoms. The highest BCUT2D eigenvalue weighted by Gasteiger charge is 2.17. The van der Waals surface area contributed by atoms with Crippen LogP contribution in [0.25, 0.3) is 5.57 Å². The van der Waals surface area contributed by atoms with Gasteiger partial charge in [0.1, 0.15) is 10.7 Å². The van der Waals surface area contributed by atoms with Crippen molar-refractivity contribution < 1.29 is 19.2 Å². The maximum absolute atomic E-state index is 11.3. The van der Waals surface area contributed by atoms with Crippen LogP contribution in [0.5, 0.6) is 0 Å². The highest BCUT2D eigenvalue weighted by atomic mass is 16.6. The molecule has 0 radical (unpaired) electrons. The van der Waals surface area contributed by atoms with E-state index in [4.69, 9.17) is 9.52 Å². The number of aliphatic hydroxyl groups is 1. The number of hydrogen-bond donors (Lipinski definition) is 2. The number of furan rings is 1. The molecule has 0 unspecified atom stereocenters. The van der Waals surface area contributed by atoms with Crippen LogP contribution in [0.4, 0.5) is 5.88 Å². The summed E-state index contributed by atoms with van der Waals surface area (Å²) in [4.78, 5) is 21.0. The van der Waals surface area contributed by atoms with E-state index in [1.54, 1.807) is 0 Å². The van der Waals surface area contributed by atoms with Crippen molar-refractivity contribution in [2.45, 2.75) is 0 Å². The van der Waals surface area contributed by atoms with E-state index in [9.17, 15) is 14.9 Å². The lowest BCUT2D eigenvalue weighted by Gasteiger charge is -2.02. The molecule has 0 fully saturated rings. The van der Waals surface area contributed by atoms with E-state index in [1.807, 2.05) is 0 Å². The summed E-state index contributed by atoms with van der Waals surface area (Å²) in [6.07, 6.45) is 0. The normalized spacial score (nSPS) is 9.81. The molecule has 1 aromatic rings. The van der Waals surface area contributed by atoms with Gasteiger partial charge in [0, 0.05) is 6.54 Å². The number of amides is 1. The molecule has 0 spiro atoms. The van der Waals surface area contributed by atoms with Crippen LogP contribution in [0.15, 0.2) is 23.1 Å². The number of rotatable bonds is 5. The van der Waals surface area contributed by atoms with Crippen molar-refractivity contribution in [2.75, 3.05) is 13.2 Å². The van der Waals surface area contributed by atoms with Crippen LogP contribution in [-0.2, 0) is 4.79 Å². The summed E-state index contributed by atoms with van der Waals surface area (Å²) in [5.41, 5.74) is -0.0263. The second-order valence-corrected chi connectivity index (χ2v) is 2.85. The predicted molar refractivity (Wildman–Crippen MR) is 54.5 cm³/mol. The van der Waals surface area contributed by atoms with Crippen molar-refractivity contribution >= 4 is 17.4 Å². The van der Waals surface area contributed by atoms with Crippen LogP contribution < -0.4 is 5.32 Å². The summed E-state index contributed by atoms with van der Waals surface area (Å²) in [5, 5.41) is 21.2. The van der Waals surface area contributed by atoms with Gasteiger partial charge in [-0.25, -0.2) is 0 Å². The molecule has 2 N–H and O–H groups in total. The zero-order chi connectivity index (χ0) is 12.1. The van der Waals surface area contributed by atoms with Crippen LogP contribution in [0.2, 0.25) is 0 Å². The monoisotopic (exact) mass is 226 g/mol. The Morgan fingerprint density at radius 1 is 1.62 bits per heavy atom. The first-order chi connectivity index (χ1) is 7.56. The Morgan fingerprint density at radius 2 is 2.31 bits per heavy atom. The highest BCUT2D eigenvalue weighted by molar-refractivity contribution is 6.17. The highest BCUT2D eigenvalue weighted by Crippen LogP contribution is 2.21.